The third kappa shape index (κ3) is 2.93. The molecule has 2 aliphatic rings. The molecule has 0 aliphatic carbocycles. The van der Waals surface area contributed by atoms with Crippen molar-refractivity contribution in [3.8, 4) is 0 Å². The molecule has 0 radical (unpaired) electrons. The van der Waals surface area contributed by atoms with Gasteiger partial charge in [-0.25, -0.2) is 4.98 Å². The van der Waals surface area contributed by atoms with E-state index in [2.05, 4.69) is 14.8 Å². The van der Waals surface area contributed by atoms with Crippen molar-refractivity contribution in [1.82, 2.24) is 14.8 Å². The van der Waals surface area contributed by atoms with E-state index in [9.17, 15) is 4.79 Å². The highest BCUT2D eigenvalue weighted by Gasteiger charge is 2.31. The molecular formula is C15H22N4O. The molecule has 0 spiro atoms. The van der Waals surface area contributed by atoms with Gasteiger partial charge in [0, 0.05) is 38.3 Å². The molecule has 0 bridgehead atoms. The Morgan fingerprint density at radius 3 is 2.90 bits per heavy atom. The summed E-state index contributed by atoms with van der Waals surface area (Å²) in [4.78, 5) is 20.5. The van der Waals surface area contributed by atoms with Crippen LogP contribution >= 0.6 is 0 Å². The first-order chi connectivity index (χ1) is 9.72. The van der Waals surface area contributed by atoms with Gasteiger partial charge in [0.1, 0.15) is 5.82 Å². The summed E-state index contributed by atoms with van der Waals surface area (Å²) >= 11 is 0. The molecule has 5 heteroatoms. The van der Waals surface area contributed by atoms with E-state index in [0.717, 1.165) is 51.9 Å². The van der Waals surface area contributed by atoms with Gasteiger partial charge in [0.25, 0.3) is 0 Å². The van der Waals surface area contributed by atoms with E-state index in [0.29, 0.717) is 17.8 Å². The minimum atomic E-state index is 0.339. The maximum atomic E-state index is 11.9. The maximum Gasteiger partial charge on any atom is 0.222 e. The van der Waals surface area contributed by atoms with E-state index in [1.54, 1.807) is 0 Å². The summed E-state index contributed by atoms with van der Waals surface area (Å²) in [7, 11) is 0. The third-order valence-electron chi connectivity index (χ3n) is 4.29. The molecule has 3 heterocycles. The van der Waals surface area contributed by atoms with Crippen molar-refractivity contribution in [1.29, 1.82) is 0 Å². The summed E-state index contributed by atoms with van der Waals surface area (Å²) < 4.78 is 0. The SMILES string of the molecule is Nc1ccc(CN2CCCC(N3CCCC3=O)C2)cn1. The molecule has 2 fully saturated rings. The summed E-state index contributed by atoms with van der Waals surface area (Å²) in [5.74, 6) is 0.902. The zero-order valence-electron chi connectivity index (χ0n) is 11.8. The maximum absolute atomic E-state index is 11.9. The number of rotatable bonds is 3. The zero-order valence-corrected chi connectivity index (χ0v) is 11.8. The van der Waals surface area contributed by atoms with E-state index in [4.69, 9.17) is 5.73 Å². The smallest absolute Gasteiger partial charge is 0.222 e. The van der Waals surface area contributed by atoms with Gasteiger partial charge in [0.05, 0.1) is 0 Å². The second kappa shape index (κ2) is 5.79. The molecule has 1 aromatic rings. The predicted molar refractivity (Wildman–Crippen MR) is 77.9 cm³/mol. The number of piperidine rings is 1. The third-order valence-corrected chi connectivity index (χ3v) is 4.29. The summed E-state index contributed by atoms with van der Waals surface area (Å²) in [6.07, 6.45) is 5.91. The summed E-state index contributed by atoms with van der Waals surface area (Å²) in [5, 5.41) is 0. The first kappa shape index (κ1) is 13.4. The number of amides is 1. The highest BCUT2D eigenvalue weighted by molar-refractivity contribution is 5.78. The first-order valence-electron chi connectivity index (χ1n) is 7.44. The number of carbonyl (C=O) groups excluding carboxylic acids is 1. The fourth-order valence-corrected chi connectivity index (χ4v) is 3.27. The molecule has 3 rings (SSSR count). The van der Waals surface area contributed by atoms with Crippen LogP contribution in [0.2, 0.25) is 0 Å². The Morgan fingerprint density at radius 1 is 1.30 bits per heavy atom. The van der Waals surface area contributed by atoms with Gasteiger partial charge in [0.15, 0.2) is 0 Å². The molecule has 2 aliphatic heterocycles. The molecule has 5 nitrogen and oxygen atoms in total. The number of nitrogen functional groups attached to an aromatic ring is 1. The topological polar surface area (TPSA) is 62.5 Å². The monoisotopic (exact) mass is 274 g/mol. The lowest BCUT2D eigenvalue weighted by atomic mass is 10.0. The van der Waals surface area contributed by atoms with Crippen LogP contribution in [0.1, 0.15) is 31.2 Å². The molecule has 1 atom stereocenters. The Bertz CT molecular complexity index is 473. The van der Waals surface area contributed by atoms with E-state index < -0.39 is 0 Å². The highest BCUT2D eigenvalue weighted by Crippen LogP contribution is 2.22. The minimum Gasteiger partial charge on any atom is -0.384 e. The quantitative estimate of drug-likeness (QED) is 0.901. The van der Waals surface area contributed by atoms with Gasteiger partial charge in [-0.15, -0.1) is 0 Å². The number of pyridine rings is 1. The Balaban J connectivity index is 1.60. The van der Waals surface area contributed by atoms with Gasteiger partial charge in [-0.1, -0.05) is 6.07 Å². The van der Waals surface area contributed by atoms with E-state index in [1.807, 2.05) is 18.3 Å². The Hall–Kier alpha value is -1.62. The van der Waals surface area contributed by atoms with Crippen molar-refractivity contribution in [2.24, 2.45) is 0 Å². The van der Waals surface area contributed by atoms with Crippen molar-refractivity contribution in [3.63, 3.8) is 0 Å². The number of hydrogen-bond donors (Lipinski definition) is 1. The van der Waals surface area contributed by atoms with Crippen LogP contribution in [0.4, 0.5) is 5.82 Å². The molecule has 2 saturated heterocycles. The lowest BCUT2D eigenvalue weighted by Crippen LogP contribution is -2.48. The van der Waals surface area contributed by atoms with E-state index in [1.165, 1.54) is 5.56 Å². The van der Waals surface area contributed by atoms with Crippen LogP contribution in [0.5, 0.6) is 0 Å². The van der Waals surface area contributed by atoms with Crippen LogP contribution < -0.4 is 5.73 Å². The molecule has 0 aromatic carbocycles. The molecule has 0 saturated carbocycles. The second-order valence-corrected chi connectivity index (χ2v) is 5.81. The summed E-state index contributed by atoms with van der Waals surface area (Å²) in [6, 6.07) is 4.29. The fourth-order valence-electron chi connectivity index (χ4n) is 3.27. The van der Waals surface area contributed by atoms with Crippen molar-refractivity contribution < 1.29 is 4.79 Å². The number of nitrogens with zero attached hydrogens (tertiary/aromatic N) is 3. The molecule has 2 N–H and O–H groups in total. The van der Waals surface area contributed by atoms with Gasteiger partial charge in [0.2, 0.25) is 5.91 Å². The lowest BCUT2D eigenvalue weighted by Gasteiger charge is -2.37. The van der Waals surface area contributed by atoms with Crippen LogP contribution in [0.3, 0.4) is 0 Å². The molecule has 1 amide bonds. The number of likely N-dealkylation sites (tertiary alicyclic amines) is 2. The fraction of sp³-hybridized carbons (Fsp3) is 0.600. The standard InChI is InChI=1S/C15H22N4O/c16-14-6-5-12(9-17-14)10-18-7-1-3-13(11-18)19-8-2-4-15(19)20/h5-6,9,13H,1-4,7-8,10-11H2,(H2,16,17). The first-order valence-corrected chi connectivity index (χ1v) is 7.44. The number of carbonyl (C=O) groups is 1. The largest absolute Gasteiger partial charge is 0.384 e. The summed E-state index contributed by atoms with van der Waals surface area (Å²) in [5.41, 5.74) is 6.80. The average Bonchev–Trinajstić information content (AvgIpc) is 2.88. The lowest BCUT2D eigenvalue weighted by molar-refractivity contribution is -0.130. The molecule has 1 unspecified atom stereocenters. The number of nitrogens with two attached hydrogens (primary N) is 1. The van der Waals surface area contributed by atoms with Crippen LogP contribution in [0.15, 0.2) is 18.3 Å². The number of aromatic nitrogens is 1. The second-order valence-electron chi connectivity index (χ2n) is 5.81. The van der Waals surface area contributed by atoms with Crippen LogP contribution in [-0.2, 0) is 11.3 Å². The van der Waals surface area contributed by atoms with Crippen molar-refractivity contribution in [2.45, 2.75) is 38.3 Å². The van der Waals surface area contributed by atoms with Crippen LogP contribution in [0.25, 0.3) is 0 Å². The molecule has 20 heavy (non-hydrogen) atoms. The van der Waals surface area contributed by atoms with Crippen molar-refractivity contribution in [3.05, 3.63) is 23.9 Å². The van der Waals surface area contributed by atoms with Gasteiger partial charge >= 0.3 is 0 Å². The van der Waals surface area contributed by atoms with E-state index >= 15 is 0 Å². The molecule has 1 aromatic heterocycles. The number of hydrogen-bond acceptors (Lipinski definition) is 4. The highest BCUT2D eigenvalue weighted by atomic mass is 16.2. The zero-order chi connectivity index (χ0) is 13.9. The molecule has 108 valence electrons. The average molecular weight is 274 g/mol. The van der Waals surface area contributed by atoms with Gasteiger partial charge in [-0.3, -0.25) is 9.69 Å². The Morgan fingerprint density at radius 2 is 2.20 bits per heavy atom. The van der Waals surface area contributed by atoms with Gasteiger partial charge < -0.3 is 10.6 Å². The summed E-state index contributed by atoms with van der Waals surface area (Å²) in [6.45, 7) is 3.92. The predicted octanol–water partition coefficient (Wildman–Crippen LogP) is 1.25. The van der Waals surface area contributed by atoms with Crippen LogP contribution in [-0.4, -0.2) is 46.4 Å². The van der Waals surface area contributed by atoms with Gasteiger partial charge in [-0.05, 0) is 37.4 Å². The van der Waals surface area contributed by atoms with Crippen molar-refractivity contribution >= 4 is 11.7 Å². The Labute approximate surface area is 119 Å². The minimum absolute atomic E-state index is 0.339. The molecular weight excluding hydrogens is 252 g/mol. The number of anilines is 1. The van der Waals surface area contributed by atoms with Gasteiger partial charge in [-0.2, -0.15) is 0 Å². The normalized spacial score (nSPS) is 24.3. The Kier molecular flexibility index (Phi) is 3.87. The van der Waals surface area contributed by atoms with Crippen LogP contribution in [0, 0.1) is 0 Å². The van der Waals surface area contributed by atoms with Crippen molar-refractivity contribution in [2.75, 3.05) is 25.4 Å². The van der Waals surface area contributed by atoms with E-state index in [-0.39, 0.29) is 0 Å².